The van der Waals surface area contributed by atoms with Crippen molar-refractivity contribution >= 4 is 5.91 Å². The Morgan fingerprint density at radius 1 is 1.62 bits per heavy atom. The van der Waals surface area contributed by atoms with E-state index in [9.17, 15) is 4.79 Å². The molecule has 8 heavy (non-hydrogen) atoms. The SMILES string of the molecule is CC(N)=O.NC1CC1. The smallest absolute Gasteiger partial charge is 0.214 e. The number of nitrogens with two attached hydrogens (primary N) is 2. The van der Waals surface area contributed by atoms with Gasteiger partial charge in [-0.1, -0.05) is 0 Å². The molecule has 0 radical (unpaired) electrons. The van der Waals surface area contributed by atoms with Crippen molar-refractivity contribution in [3.63, 3.8) is 0 Å². The van der Waals surface area contributed by atoms with Crippen molar-refractivity contribution in [1.29, 1.82) is 0 Å². The summed E-state index contributed by atoms with van der Waals surface area (Å²) in [6.45, 7) is 1.31. The van der Waals surface area contributed by atoms with Gasteiger partial charge < -0.3 is 11.5 Å². The van der Waals surface area contributed by atoms with Crippen LogP contribution in [0.3, 0.4) is 0 Å². The zero-order valence-electron chi connectivity index (χ0n) is 5.05. The Kier molecular flexibility index (Phi) is 3.19. The molecule has 1 saturated carbocycles. The Balaban J connectivity index is 0.000000122. The first-order valence-electron chi connectivity index (χ1n) is 2.64. The molecule has 1 fully saturated rings. The molecule has 0 heterocycles. The largest absolute Gasteiger partial charge is 0.370 e. The minimum atomic E-state index is -0.333. The molecule has 1 aliphatic carbocycles. The molecule has 0 spiro atoms. The van der Waals surface area contributed by atoms with Crippen LogP contribution >= 0.6 is 0 Å². The second-order valence-electron chi connectivity index (χ2n) is 1.95. The highest BCUT2D eigenvalue weighted by atomic mass is 16.1. The van der Waals surface area contributed by atoms with E-state index in [4.69, 9.17) is 5.73 Å². The van der Waals surface area contributed by atoms with Crippen molar-refractivity contribution < 1.29 is 4.79 Å². The van der Waals surface area contributed by atoms with Crippen molar-refractivity contribution in [3.05, 3.63) is 0 Å². The summed E-state index contributed by atoms with van der Waals surface area (Å²) in [6.07, 6.45) is 2.53. The van der Waals surface area contributed by atoms with E-state index in [0.29, 0.717) is 6.04 Å². The van der Waals surface area contributed by atoms with Gasteiger partial charge in [-0.25, -0.2) is 0 Å². The molecule has 0 aromatic heterocycles. The molecule has 1 rings (SSSR count). The highest BCUT2D eigenvalue weighted by Gasteiger charge is 2.13. The van der Waals surface area contributed by atoms with Gasteiger partial charge in [0.1, 0.15) is 0 Å². The maximum atomic E-state index is 9.22. The lowest BCUT2D eigenvalue weighted by Crippen LogP contribution is -2.01. The van der Waals surface area contributed by atoms with Gasteiger partial charge in [0.25, 0.3) is 0 Å². The van der Waals surface area contributed by atoms with Gasteiger partial charge in [0, 0.05) is 13.0 Å². The van der Waals surface area contributed by atoms with Crippen LogP contribution in [0.1, 0.15) is 19.8 Å². The van der Waals surface area contributed by atoms with Crippen molar-refractivity contribution in [3.8, 4) is 0 Å². The molecule has 0 aromatic rings. The van der Waals surface area contributed by atoms with Gasteiger partial charge >= 0.3 is 0 Å². The van der Waals surface area contributed by atoms with Crippen LogP contribution in [0.2, 0.25) is 0 Å². The lowest BCUT2D eigenvalue weighted by Gasteiger charge is -1.60. The van der Waals surface area contributed by atoms with Crippen LogP contribution in [-0.2, 0) is 4.79 Å². The van der Waals surface area contributed by atoms with Crippen LogP contribution in [0.15, 0.2) is 0 Å². The summed E-state index contributed by atoms with van der Waals surface area (Å²) >= 11 is 0. The molecule has 3 heteroatoms. The van der Waals surface area contributed by atoms with E-state index in [1.54, 1.807) is 0 Å². The predicted octanol–water partition coefficient (Wildman–Crippen LogP) is -0.401. The van der Waals surface area contributed by atoms with Gasteiger partial charge in [-0.05, 0) is 12.8 Å². The first kappa shape index (κ1) is 7.43. The van der Waals surface area contributed by atoms with E-state index in [0.717, 1.165) is 0 Å². The molecule has 0 unspecified atom stereocenters. The molecule has 3 nitrogen and oxygen atoms in total. The first-order chi connectivity index (χ1) is 3.63. The topological polar surface area (TPSA) is 69.1 Å². The quantitative estimate of drug-likeness (QED) is 0.452. The van der Waals surface area contributed by atoms with Crippen molar-refractivity contribution in [2.24, 2.45) is 11.5 Å². The minimum absolute atomic E-state index is 0.333. The number of carbonyl (C=O) groups excluding carboxylic acids is 1. The van der Waals surface area contributed by atoms with Crippen LogP contribution in [0.5, 0.6) is 0 Å². The number of primary amides is 1. The zero-order chi connectivity index (χ0) is 6.57. The van der Waals surface area contributed by atoms with Gasteiger partial charge in [0.15, 0.2) is 0 Å². The molecule has 1 aliphatic rings. The summed E-state index contributed by atoms with van der Waals surface area (Å²) < 4.78 is 0. The molecule has 0 aromatic carbocycles. The molecule has 0 bridgehead atoms. The number of hydrogen-bond donors (Lipinski definition) is 2. The lowest BCUT2D eigenvalue weighted by atomic mass is 10.8. The fourth-order valence-corrected chi connectivity index (χ4v) is 0.0962. The van der Waals surface area contributed by atoms with Gasteiger partial charge in [-0.3, -0.25) is 4.79 Å². The fraction of sp³-hybridized carbons (Fsp3) is 0.800. The van der Waals surface area contributed by atoms with Gasteiger partial charge in [-0.2, -0.15) is 0 Å². The van der Waals surface area contributed by atoms with Gasteiger partial charge in [0.05, 0.1) is 0 Å². The lowest BCUT2D eigenvalue weighted by molar-refractivity contribution is -0.115. The van der Waals surface area contributed by atoms with E-state index in [1.165, 1.54) is 19.8 Å². The van der Waals surface area contributed by atoms with Gasteiger partial charge in [-0.15, -0.1) is 0 Å². The molecular weight excluding hydrogens is 104 g/mol. The number of amides is 1. The Labute approximate surface area is 49.0 Å². The summed E-state index contributed by atoms with van der Waals surface area (Å²) in [5, 5.41) is 0. The third kappa shape index (κ3) is 18.0. The zero-order valence-corrected chi connectivity index (χ0v) is 5.05. The highest BCUT2D eigenvalue weighted by molar-refractivity contribution is 5.70. The normalized spacial score (nSPS) is 16.2. The Hall–Kier alpha value is -0.570. The third-order valence-electron chi connectivity index (χ3n) is 0.622. The highest BCUT2D eigenvalue weighted by Crippen LogP contribution is 2.13. The average molecular weight is 116 g/mol. The maximum absolute atomic E-state index is 9.22. The standard InChI is InChI=1S/C3H7N.C2H5NO/c4-3-1-2-3;1-2(3)4/h3H,1-2,4H2;1H3,(H2,3,4). The van der Waals surface area contributed by atoms with E-state index < -0.39 is 0 Å². The Morgan fingerprint density at radius 2 is 1.75 bits per heavy atom. The summed E-state index contributed by atoms with van der Waals surface area (Å²) in [4.78, 5) is 9.22. The third-order valence-corrected chi connectivity index (χ3v) is 0.622. The average Bonchev–Trinajstić information content (AvgIpc) is 2.19. The second kappa shape index (κ2) is 3.43. The summed E-state index contributed by atoms with van der Waals surface area (Å²) in [5.74, 6) is -0.333. The molecule has 48 valence electrons. The van der Waals surface area contributed by atoms with Crippen LogP contribution in [0, 0.1) is 0 Å². The maximum Gasteiger partial charge on any atom is 0.214 e. The molecule has 0 aliphatic heterocycles. The summed E-state index contributed by atoms with van der Waals surface area (Å²) in [6, 6.07) is 0.583. The molecule has 4 N–H and O–H groups in total. The van der Waals surface area contributed by atoms with E-state index in [2.05, 4.69) is 5.73 Å². The Bertz CT molecular complexity index is 74.5. The molecule has 1 amide bonds. The minimum Gasteiger partial charge on any atom is -0.370 e. The molecular formula is C5H12N2O. The summed E-state index contributed by atoms with van der Waals surface area (Å²) in [7, 11) is 0. The number of carbonyl (C=O) groups is 1. The molecule has 0 atom stereocenters. The van der Waals surface area contributed by atoms with Crippen LogP contribution in [-0.4, -0.2) is 11.9 Å². The van der Waals surface area contributed by atoms with E-state index >= 15 is 0 Å². The van der Waals surface area contributed by atoms with E-state index in [1.807, 2.05) is 0 Å². The van der Waals surface area contributed by atoms with Crippen molar-refractivity contribution in [2.45, 2.75) is 25.8 Å². The van der Waals surface area contributed by atoms with E-state index in [-0.39, 0.29) is 5.91 Å². The summed E-state index contributed by atoms with van der Waals surface area (Å²) in [5.41, 5.74) is 9.69. The fourth-order valence-electron chi connectivity index (χ4n) is 0.0962. The van der Waals surface area contributed by atoms with Crippen LogP contribution in [0.25, 0.3) is 0 Å². The Morgan fingerprint density at radius 3 is 1.75 bits per heavy atom. The van der Waals surface area contributed by atoms with Gasteiger partial charge in [0.2, 0.25) is 5.91 Å². The second-order valence-corrected chi connectivity index (χ2v) is 1.95. The van der Waals surface area contributed by atoms with Crippen LogP contribution in [0.4, 0.5) is 0 Å². The molecule has 0 saturated heterocycles. The van der Waals surface area contributed by atoms with Crippen molar-refractivity contribution in [2.75, 3.05) is 0 Å². The van der Waals surface area contributed by atoms with Crippen molar-refractivity contribution in [1.82, 2.24) is 0 Å². The predicted molar refractivity (Wildman–Crippen MR) is 32.1 cm³/mol. The monoisotopic (exact) mass is 116 g/mol. The first-order valence-corrected chi connectivity index (χ1v) is 2.64. The number of rotatable bonds is 0. The number of hydrogen-bond acceptors (Lipinski definition) is 2. The van der Waals surface area contributed by atoms with Crippen LogP contribution < -0.4 is 11.5 Å².